The molecule has 0 unspecified atom stereocenters. The topological polar surface area (TPSA) is 75.3 Å². The molecule has 0 spiro atoms. The fourth-order valence-electron chi connectivity index (χ4n) is 2.45. The van der Waals surface area contributed by atoms with Crippen molar-refractivity contribution >= 4 is 17.2 Å². The van der Waals surface area contributed by atoms with Gasteiger partial charge in [0.2, 0.25) is 0 Å². The number of ether oxygens (including phenoxy) is 1. The van der Waals surface area contributed by atoms with Gasteiger partial charge in [0.05, 0.1) is 20.2 Å². The van der Waals surface area contributed by atoms with Crippen LogP contribution >= 0.6 is 11.3 Å². The van der Waals surface area contributed by atoms with E-state index in [0.717, 1.165) is 16.2 Å². The van der Waals surface area contributed by atoms with Crippen LogP contribution in [0.15, 0.2) is 58.7 Å². The van der Waals surface area contributed by atoms with Crippen molar-refractivity contribution in [2.24, 2.45) is 0 Å². The molecular formula is C18H17N3O3S. The van der Waals surface area contributed by atoms with Crippen molar-refractivity contribution < 1.29 is 9.53 Å². The number of hydrogen-bond donors (Lipinski definition) is 1. The Morgan fingerprint density at radius 3 is 2.68 bits per heavy atom. The average Bonchev–Trinajstić information content (AvgIpc) is 3.15. The molecule has 1 amide bonds. The highest BCUT2D eigenvalue weighted by Gasteiger charge is 2.20. The fraction of sp³-hybridized carbons (Fsp3) is 0.167. The standard InChI is InChI=1S/C18H17N3O3S/c1-24-16-7-3-2-5-13(16)11-21(12-14-6-4-10-25-14)18(23)15-8-9-17(22)20-19-15/h2-10H,11-12H2,1H3,(H,20,22). The van der Waals surface area contributed by atoms with Crippen molar-refractivity contribution in [3.63, 3.8) is 0 Å². The lowest BCUT2D eigenvalue weighted by atomic mass is 10.1. The van der Waals surface area contributed by atoms with Crippen LogP contribution in [0, 0.1) is 0 Å². The molecule has 0 fully saturated rings. The predicted octanol–water partition coefficient (Wildman–Crippen LogP) is 2.68. The van der Waals surface area contributed by atoms with Gasteiger partial charge in [-0.2, -0.15) is 5.10 Å². The minimum Gasteiger partial charge on any atom is -0.496 e. The second-order valence-corrected chi connectivity index (χ2v) is 6.39. The maximum Gasteiger partial charge on any atom is 0.274 e. The molecule has 7 heteroatoms. The second-order valence-electron chi connectivity index (χ2n) is 5.36. The summed E-state index contributed by atoms with van der Waals surface area (Å²) in [5.41, 5.74) is 0.761. The first kappa shape index (κ1) is 16.9. The number of nitrogens with one attached hydrogen (secondary N) is 1. The molecule has 25 heavy (non-hydrogen) atoms. The number of amides is 1. The summed E-state index contributed by atoms with van der Waals surface area (Å²) in [6.45, 7) is 0.830. The van der Waals surface area contributed by atoms with E-state index < -0.39 is 0 Å². The molecule has 0 aliphatic carbocycles. The van der Waals surface area contributed by atoms with Crippen LogP contribution in [0.4, 0.5) is 0 Å². The highest BCUT2D eigenvalue weighted by atomic mass is 32.1. The number of carbonyl (C=O) groups excluding carboxylic acids is 1. The Labute approximate surface area is 148 Å². The number of carbonyl (C=O) groups is 1. The normalized spacial score (nSPS) is 10.4. The van der Waals surface area contributed by atoms with E-state index in [1.165, 1.54) is 12.1 Å². The van der Waals surface area contributed by atoms with Crippen molar-refractivity contribution in [3.8, 4) is 5.75 Å². The number of methoxy groups -OCH3 is 1. The summed E-state index contributed by atoms with van der Waals surface area (Å²) in [4.78, 5) is 26.8. The lowest BCUT2D eigenvalue weighted by Gasteiger charge is -2.22. The van der Waals surface area contributed by atoms with Crippen LogP contribution in [-0.4, -0.2) is 28.1 Å². The number of nitrogens with zero attached hydrogens (tertiary/aromatic N) is 2. The van der Waals surface area contributed by atoms with Crippen LogP contribution < -0.4 is 10.3 Å². The molecule has 0 saturated carbocycles. The van der Waals surface area contributed by atoms with E-state index in [1.54, 1.807) is 23.3 Å². The zero-order chi connectivity index (χ0) is 17.6. The Morgan fingerprint density at radius 2 is 2.00 bits per heavy atom. The van der Waals surface area contributed by atoms with Crippen LogP contribution in [0.3, 0.4) is 0 Å². The summed E-state index contributed by atoms with van der Waals surface area (Å²) in [7, 11) is 1.60. The van der Waals surface area contributed by atoms with E-state index in [-0.39, 0.29) is 17.2 Å². The predicted molar refractivity (Wildman–Crippen MR) is 95.7 cm³/mol. The lowest BCUT2D eigenvalue weighted by Crippen LogP contribution is -2.31. The van der Waals surface area contributed by atoms with Gasteiger partial charge in [-0.3, -0.25) is 9.59 Å². The summed E-state index contributed by atoms with van der Waals surface area (Å²) in [6.07, 6.45) is 0. The minimum absolute atomic E-state index is 0.200. The van der Waals surface area contributed by atoms with E-state index in [2.05, 4.69) is 10.2 Å². The zero-order valence-electron chi connectivity index (χ0n) is 13.6. The van der Waals surface area contributed by atoms with Gasteiger partial charge >= 0.3 is 0 Å². The van der Waals surface area contributed by atoms with E-state index >= 15 is 0 Å². The molecule has 2 heterocycles. The quantitative estimate of drug-likeness (QED) is 0.738. The Hall–Kier alpha value is -2.93. The Balaban J connectivity index is 1.90. The van der Waals surface area contributed by atoms with E-state index in [4.69, 9.17) is 4.74 Å². The van der Waals surface area contributed by atoms with Crippen molar-refractivity contribution in [2.75, 3.05) is 7.11 Å². The van der Waals surface area contributed by atoms with Gasteiger partial charge in [0.15, 0.2) is 0 Å². The van der Waals surface area contributed by atoms with Crippen molar-refractivity contribution in [2.45, 2.75) is 13.1 Å². The van der Waals surface area contributed by atoms with Crippen molar-refractivity contribution in [1.29, 1.82) is 0 Å². The molecular weight excluding hydrogens is 338 g/mol. The number of aromatic nitrogens is 2. The molecule has 0 atom stereocenters. The van der Waals surface area contributed by atoms with Crippen molar-refractivity contribution in [1.82, 2.24) is 15.1 Å². The monoisotopic (exact) mass is 355 g/mol. The number of thiophene rings is 1. The summed E-state index contributed by atoms with van der Waals surface area (Å²) in [5.74, 6) is 0.469. The van der Waals surface area contributed by atoms with Crippen LogP contribution in [0.1, 0.15) is 20.9 Å². The van der Waals surface area contributed by atoms with Gasteiger partial charge in [0.1, 0.15) is 11.4 Å². The highest BCUT2D eigenvalue weighted by Crippen LogP contribution is 2.22. The van der Waals surface area contributed by atoms with Gasteiger partial charge in [-0.1, -0.05) is 24.3 Å². The molecule has 3 rings (SSSR count). The maximum atomic E-state index is 12.9. The third kappa shape index (κ3) is 4.13. The molecule has 2 aromatic heterocycles. The van der Waals surface area contributed by atoms with Crippen LogP contribution in [0.25, 0.3) is 0 Å². The lowest BCUT2D eigenvalue weighted by molar-refractivity contribution is 0.0723. The zero-order valence-corrected chi connectivity index (χ0v) is 14.5. The minimum atomic E-state index is -0.342. The van der Waals surface area contributed by atoms with Gasteiger partial charge in [-0.05, 0) is 23.6 Å². The molecule has 3 aromatic rings. The van der Waals surface area contributed by atoms with E-state index in [0.29, 0.717) is 13.1 Å². The van der Waals surface area contributed by atoms with Crippen molar-refractivity contribution in [3.05, 3.63) is 80.4 Å². The second kappa shape index (κ2) is 7.76. The number of rotatable bonds is 6. The summed E-state index contributed by atoms with van der Waals surface area (Å²) >= 11 is 1.58. The third-order valence-corrected chi connectivity index (χ3v) is 4.53. The molecule has 0 saturated heterocycles. The summed E-state index contributed by atoms with van der Waals surface area (Å²) in [5, 5.41) is 8.13. The molecule has 1 aromatic carbocycles. The van der Waals surface area contributed by atoms with Gasteiger partial charge in [-0.25, -0.2) is 5.10 Å². The summed E-state index contributed by atoms with van der Waals surface area (Å²) < 4.78 is 5.38. The first-order valence-corrected chi connectivity index (χ1v) is 8.54. The van der Waals surface area contributed by atoms with Crippen LogP contribution in [0.2, 0.25) is 0 Å². The number of para-hydroxylation sites is 1. The van der Waals surface area contributed by atoms with Crippen LogP contribution in [-0.2, 0) is 13.1 Å². The number of benzene rings is 1. The Bertz CT molecular complexity index is 885. The first-order chi connectivity index (χ1) is 12.2. The molecule has 128 valence electrons. The maximum absolute atomic E-state index is 12.9. The number of hydrogen-bond acceptors (Lipinski definition) is 5. The smallest absolute Gasteiger partial charge is 0.274 e. The highest BCUT2D eigenvalue weighted by molar-refractivity contribution is 7.09. The largest absolute Gasteiger partial charge is 0.496 e. The number of H-pyrrole nitrogens is 1. The summed E-state index contributed by atoms with van der Waals surface area (Å²) in [6, 6.07) is 14.2. The van der Waals surface area contributed by atoms with Gasteiger partial charge in [0, 0.05) is 16.5 Å². The van der Waals surface area contributed by atoms with Gasteiger partial charge < -0.3 is 9.64 Å². The fourth-order valence-corrected chi connectivity index (χ4v) is 3.17. The molecule has 6 nitrogen and oxygen atoms in total. The Morgan fingerprint density at radius 1 is 1.16 bits per heavy atom. The molecule has 0 aliphatic rings. The SMILES string of the molecule is COc1ccccc1CN(Cc1cccs1)C(=O)c1ccc(=O)[nH]n1. The van der Waals surface area contributed by atoms with E-state index in [9.17, 15) is 9.59 Å². The molecule has 1 N–H and O–H groups in total. The Kier molecular flexibility index (Phi) is 5.25. The van der Waals surface area contributed by atoms with Crippen LogP contribution in [0.5, 0.6) is 5.75 Å². The molecule has 0 radical (unpaired) electrons. The third-order valence-electron chi connectivity index (χ3n) is 3.67. The van der Waals surface area contributed by atoms with Gasteiger partial charge in [-0.15, -0.1) is 11.3 Å². The molecule has 0 aliphatic heterocycles. The van der Waals surface area contributed by atoms with Gasteiger partial charge in [0.25, 0.3) is 11.5 Å². The number of aromatic amines is 1. The first-order valence-electron chi connectivity index (χ1n) is 7.66. The average molecular weight is 355 g/mol. The van der Waals surface area contributed by atoms with E-state index in [1.807, 2.05) is 41.8 Å². The molecule has 0 bridgehead atoms.